The standard InChI is InChI=1S/C17H25BrFN3OS.HI/c1-2-20-16(22-11-17(23)7-9-24-12-17)21-8-3-4-13-5-6-14(18)10-15(13)19;/h5-6,10,23H,2-4,7-9,11-12H2,1H3,(H2,20,21,22);1H. The molecule has 1 fully saturated rings. The van der Waals surface area contributed by atoms with E-state index in [0.717, 1.165) is 40.9 Å². The van der Waals surface area contributed by atoms with E-state index in [0.29, 0.717) is 25.5 Å². The Morgan fingerprint density at radius 1 is 1.44 bits per heavy atom. The van der Waals surface area contributed by atoms with Gasteiger partial charge in [-0.05, 0) is 49.6 Å². The fourth-order valence-corrected chi connectivity index (χ4v) is 4.12. The summed E-state index contributed by atoms with van der Waals surface area (Å²) >= 11 is 5.03. The van der Waals surface area contributed by atoms with Crippen molar-refractivity contribution in [3.05, 3.63) is 34.1 Å². The maximum atomic E-state index is 13.8. The van der Waals surface area contributed by atoms with Gasteiger partial charge in [-0.1, -0.05) is 22.0 Å². The molecule has 142 valence electrons. The predicted octanol–water partition coefficient (Wildman–Crippen LogP) is 3.56. The number of guanidine groups is 1. The van der Waals surface area contributed by atoms with Crippen molar-refractivity contribution >= 4 is 57.6 Å². The molecule has 1 atom stereocenters. The van der Waals surface area contributed by atoms with Crippen LogP contribution in [0.1, 0.15) is 25.3 Å². The Bertz CT molecular complexity index is 571. The monoisotopic (exact) mass is 545 g/mol. The highest BCUT2D eigenvalue weighted by molar-refractivity contribution is 14.0. The quantitative estimate of drug-likeness (QED) is 0.212. The van der Waals surface area contributed by atoms with Gasteiger partial charge in [0, 0.05) is 23.3 Å². The van der Waals surface area contributed by atoms with Gasteiger partial charge in [0.1, 0.15) is 5.82 Å². The summed E-state index contributed by atoms with van der Waals surface area (Å²) in [7, 11) is 0. The van der Waals surface area contributed by atoms with E-state index in [4.69, 9.17) is 0 Å². The highest BCUT2D eigenvalue weighted by atomic mass is 127. The fraction of sp³-hybridized carbons (Fsp3) is 0.588. The van der Waals surface area contributed by atoms with E-state index >= 15 is 0 Å². The lowest BCUT2D eigenvalue weighted by Gasteiger charge is -2.19. The van der Waals surface area contributed by atoms with Gasteiger partial charge in [0.2, 0.25) is 0 Å². The lowest BCUT2D eigenvalue weighted by atomic mass is 10.1. The van der Waals surface area contributed by atoms with Crippen LogP contribution in [0.25, 0.3) is 0 Å². The average Bonchev–Trinajstić information content (AvgIpc) is 2.98. The third kappa shape index (κ3) is 8.01. The van der Waals surface area contributed by atoms with Crippen LogP contribution in [0.3, 0.4) is 0 Å². The highest BCUT2D eigenvalue weighted by Crippen LogP contribution is 2.27. The van der Waals surface area contributed by atoms with Crippen molar-refractivity contribution in [3.8, 4) is 0 Å². The first-order chi connectivity index (χ1) is 11.5. The molecule has 1 saturated heterocycles. The number of halogens is 3. The van der Waals surface area contributed by atoms with Crippen LogP contribution in [0.15, 0.2) is 27.7 Å². The molecule has 0 radical (unpaired) electrons. The second kappa shape index (κ2) is 11.6. The van der Waals surface area contributed by atoms with Crippen LogP contribution in [0.4, 0.5) is 4.39 Å². The number of thioether (sulfide) groups is 1. The Labute approximate surface area is 179 Å². The SMILES string of the molecule is CCNC(=NCC1(O)CCSC1)NCCCc1ccc(Br)cc1F.I. The summed E-state index contributed by atoms with van der Waals surface area (Å²) < 4.78 is 14.5. The number of nitrogens with one attached hydrogen (secondary N) is 2. The van der Waals surface area contributed by atoms with E-state index < -0.39 is 5.60 Å². The van der Waals surface area contributed by atoms with E-state index in [9.17, 15) is 9.50 Å². The van der Waals surface area contributed by atoms with Gasteiger partial charge in [-0.15, -0.1) is 24.0 Å². The summed E-state index contributed by atoms with van der Waals surface area (Å²) in [6, 6.07) is 5.16. The molecule has 0 saturated carbocycles. The minimum atomic E-state index is -0.673. The number of benzene rings is 1. The minimum absolute atomic E-state index is 0. The molecule has 1 heterocycles. The molecule has 1 aromatic carbocycles. The maximum Gasteiger partial charge on any atom is 0.191 e. The van der Waals surface area contributed by atoms with E-state index in [1.165, 1.54) is 6.07 Å². The van der Waals surface area contributed by atoms with E-state index in [1.807, 2.05) is 19.1 Å². The molecule has 0 aliphatic carbocycles. The van der Waals surface area contributed by atoms with Gasteiger partial charge in [0.05, 0.1) is 12.1 Å². The summed E-state index contributed by atoms with van der Waals surface area (Å²) in [5.41, 5.74) is 0.0485. The number of nitrogens with zero attached hydrogens (tertiary/aromatic N) is 1. The second-order valence-electron chi connectivity index (χ2n) is 5.99. The van der Waals surface area contributed by atoms with Crippen LogP contribution >= 0.6 is 51.7 Å². The predicted molar refractivity (Wildman–Crippen MR) is 119 cm³/mol. The normalized spacial score (nSPS) is 20.2. The summed E-state index contributed by atoms with van der Waals surface area (Å²) in [6.45, 7) is 3.89. The van der Waals surface area contributed by atoms with Gasteiger partial charge in [-0.2, -0.15) is 11.8 Å². The molecule has 1 unspecified atom stereocenters. The maximum absolute atomic E-state index is 13.8. The summed E-state index contributed by atoms with van der Waals surface area (Å²) in [5.74, 6) is 2.28. The van der Waals surface area contributed by atoms with Gasteiger partial charge in [-0.25, -0.2) is 4.39 Å². The lowest BCUT2D eigenvalue weighted by Crippen LogP contribution is -2.40. The first kappa shape index (κ1) is 23.0. The van der Waals surface area contributed by atoms with E-state index in [2.05, 4.69) is 31.6 Å². The van der Waals surface area contributed by atoms with Gasteiger partial charge < -0.3 is 15.7 Å². The van der Waals surface area contributed by atoms with Crippen LogP contribution in [0.5, 0.6) is 0 Å². The molecule has 25 heavy (non-hydrogen) atoms. The van der Waals surface area contributed by atoms with Crippen LogP contribution in [-0.2, 0) is 6.42 Å². The molecule has 3 N–H and O–H groups in total. The third-order valence-corrected chi connectivity index (χ3v) is 5.62. The van der Waals surface area contributed by atoms with Crippen molar-refractivity contribution in [1.82, 2.24) is 10.6 Å². The summed E-state index contributed by atoms with van der Waals surface area (Å²) in [5, 5.41) is 16.8. The van der Waals surface area contributed by atoms with E-state index in [-0.39, 0.29) is 29.8 Å². The average molecular weight is 546 g/mol. The lowest BCUT2D eigenvalue weighted by molar-refractivity contribution is 0.0778. The topological polar surface area (TPSA) is 56.7 Å². The van der Waals surface area contributed by atoms with E-state index in [1.54, 1.807) is 11.8 Å². The largest absolute Gasteiger partial charge is 0.387 e. The van der Waals surface area contributed by atoms with Gasteiger partial charge in [0.15, 0.2) is 5.96 Å². The van der Waals surface area contributed by atoms with Gasteiger partial charge in [-0.3, -0.25) is 4.99 Å². The minimum Gasteiger partial charge on any atom is -0.387 e. The van der Waals surface area contributed by atoms with Crippen molar-refractivity contribution in [2.45, 2.75) is 31.8 Å². The Morgan fingerprint density at radius 3 is 2.88 bits per heavy atom. The molecule has 0 bridgehead atoms. The number of rotatable bonds is 7. The number of aliphatic hydroxyl groups is 1. The first-order valence-corrected chi connectivity index (χ1v) is 10.2. The number of hydrogen-bond acceptors (Lipinski definition) is 3. The summed E-state index contributed by atoms with van der Waals surface area (Å²) in [4.78, 5) is 4.49. The number of aryl methyl sites for hydroxylation is 1. The molecule has 1 aromatic rings. The zero-order valence-corrected chi connectivity index (χ0v) is 19.1. The zero-order valence-electron chi connectivity index (χ0n) is 14.4. The molecule has 0 spiro atoms. The molecule has 0 aromatic heterocycles. The van der Waals surface area contributed by atoms with Crippen LogP contribution in [0, 0.1) is 5.82 Å². The van der Waals surface area contributed by atoms with Crippen molar-refractivity contribution in [2.24, 2.45) is 4.99 Å². The highest BCUT2D eigenvalue weighted by Gasteiger charge is 2.31. The van der Waals surface area contributed by atoms with Crippen molar-refractivity contribution in [3.63, 3.8) is 0 Å². The van der Waals surface area contributed by atoms with Crippen molar-refractivity contribution < 1.29 is 9.50 Å². The van der Waals surface area contributed by atoms with Crippen LogP contribution in [-0.4, -0.2) is 47.8 Å². The molecule has 1 aliphatic rings. The summed E-state index contributed by atoms with van der Waals surface area (Å²) in [6.07, 6.45) is 2.28. The Kier molecular flexibility index (Phi) is 10.7. The Morgan fingerprint density at radius 2 is 2.24 bits per heavy atom. The third-order valence-electron chi connectivity index (χ3n) is 3.89. The number of hydrogen-bond donors (Lipinski definition) is 3. The van der Waals surface area contributed by atoms with Gasteiger partial charge in [0.25, 0.3) is 0 Å². The molecule has 1 aliphatic heterocycles. The van der Waals surface area contributed by atoms with Crippen LogP contribution in [0.2, 0.25) is 0 Å². The zero-order chi connectivity index (χ0) is 17.4. The molecule has 0 amide bonds. The fourth-order valence-electron chi connectivity index (χ4n) is 2.50. The second-order valence-corrected chi connectivity index (χ2v) is 8.01. The van der Waals surface area contributed by atoms with Crippen LogP contribution < -0.4 is 10.6 Å². The first-order valence-electron chi connectivity index (χ1n) is 8.29. The molecule has 2 rings (SSSR count). The Hall–Kier alpha value is -0.0600. The van der Waals surface area contributed by atoms with Crippen molar-refractivity contribution in [1.29, 1.82) is 0 Å². The molecular formula is C17H26BrFIN3OS. The Balaban J connectivity index is 0.00000312. The van der Waals surface area contributed by atoms with Crippen molar-refractivity contribution in [2.75, 3.05) is 31.1 Å². The smallest absolute Gasteiger partial charge is 0.191 e. The molecule has 4 nitrogen and oxygen atoms in total. The number of aliphatic imine (C=N–C) groups is 1. The molecular weight excluding hydrogens is 520 g/mol. The van der Waals surface area contributed by atoms with Gasteiger partial charge >= 0.3 is 0 Å². The molecule has 8 heteroatoms.